The number of hydrogen-bond donors (Lipinski definition) is 1. The van der Waals surface area contributed by atoms with E-state index in [2.05, 4.69) is 5.32 Å². The molecule has 6 heteroatoms. The van der Waals surface area contributed by atoms with Crippen LogP contribution in [0.4, 0.5) is 5.69 Å². The number of ether oxygens (including phenoxy) is 1. The van der Waals surface area contributed by atoms with Gasteiger partial charge in [-0.05, 0) is 42.8 Å². The molecule has 2 amide bonds. The van der Waals surface area contributed by atoms with Crippen molar-refractivity contribution in [2.24, 2.45) is 0 Å². The highest BCUT2D eigenvalue weighted by Crippen LogP contribution is 2.20. The maximum atomic E-state index is 12.1. The van der Waals surface area contributed by atoms with Gasteiger partial charge >= 0.3 is 0 Å². The van der Waals surface area contributed by atoms with Gasteiger partial charge in [0, 0.05) is 13.1 Å². The normalized spacial score (nSPS) is 10.6. The Kier molecular flexibility index (Phi) is 7.24. The predicted octanol–water partition coefficient (Wildman–Crippen LogP) is 3.85. The number of nitrogens with one attached hydrogen (secondary N) is 1. The van der Waals surface area contributed by atoms with E-state index in [-0.39, 0.29) is 18.4 Å². The van der Waals surface area contributed by atoms with Crippen LogP contribution in [0.15, 0.2) is 54.6 Å². The minimum absolute atomic E-state index is 0.0718. The number of rotatable bonds is 7. The number of likely N-dealkylation sites (N-methyl/N-ethyl adjacent to an activating group) is 1. The Balaban J connectivity index is 1.88. The maximum absolute atomic E-state index is 12.1. The predicted molar refractivity (Wildman–Crippen MR) is 104 cm³/mol. The lowest BCUT2D eigenvalue weighted by atomic mass is 10.2. The highest BCUT2D eigenvalue weighted by Gasteiger charge is 2.11. The quantitative estimate of drug-likeness (QED) is 0.751. The number of carbonyl (C=O) groups excluding carboxylic acids is 2. The van der Waals surface area contributed by atoms with E-state index < -0.39 is 0 Å². The van der Waals surface area contributed by atoms with Gasteiger partial charge in [0.05, 0.1) is 23.9 Å². The zero-order valence-electron chi connectivity index (χ0n) is 14.7. The molecule has 1 N–H and O–H groups in total. The lowest BCUT2D eigenvalue weighted by Gasteiger charge is -2.15. The molecule has 5 nitrogen and oxygen atoms in total. The molecular weight excluding hydrogens is 352 g/mol. The average molecular weight is 373 g/mol. The molecule has 0 bridgehead atoms. The molecule has 0 saturated carbocycles. The smallest absolute Gasteiger partial charge is 0.246 e. The number of halogens is 1. The van der Waals surface area contributed by atoms with Gasteiger partial charge in [0.1, 0.15) is 5.75 Å². The zero-order valence-corrected chi connectivity index (χ0v) is 15.5. The Hall–Kier alpha value is -2.79. The fourth-order valence-electron chi connectivity index (χ4n) is 2.18. The maximum Gasteiger partial charge on any atom is 0.246 e. The standard InChI is InChI=1S/C20H21ClN2O3/c1-3-26-16-11-8-15(9-12-16)10-13-20(25)23(2)14-19(24)22-18-7-5-4-6-17(18)21/h4-13H,3,14H2,1-2H3,(H,22,24)/b13-10+. The summed E-state index contributed by atoms with van der Waals surface area (Å²) in [6.45, 7) is 2.45. The van der Waals surface area contributed by atoms with Crippen LogP contribution in [0.25, 0.3) is 6.08 Å². The summed E-state index contributed by atoms with van der Waals surface area (Å²) in [5.74, 6) is 0.195. The first-order valence-electron chi connectivity index (χ1n) is 8.20. The summed E-state index contributed by atoms with van der Waals surface area (Å²) in [7, 11) is 1.57. The molecule has 0 aromatic heterocycles. The van der Waals surface area contributed by atoms with E-state index in [4.69, 9.17) is 16.3 Å². The first-order valence-corrected chi connectivity index (χ1v) is 8.58. The lowest BCUT2D eigenvalue weighted by Crippen LogP contribution is -2.33. The number of benzene rings is 2. The highest BCUT2D eigenvalue weighted by molar-refractivity contribution is 6.33. The van der Waals surface area contributed by atoms with Gasteiger partial charge in [0.15, 0.2) is 0 Å². The van der Waals surface area contributed by atoms with Crippen molar-refractivity contribution in [3.8, 4) is 5.75 Å². The molecule has 2 rings (SSSR count). The van der Waals surface area contributed by atoms with Gasteiger partial charge in [0.25, 0.3) is 0 Å². The second-order valence-electron chi connectivity index (χ2n) is 5.56. The van der Waals surface area contributed by atoms with Crippen molar-refractivity contribution in [3.05, 3.63) is 65.2 Å². The van der Waals surface area contributed by atoms with Gasteiger partial charge in [-0.2, -0.15) is 0 Å². The molecule has 0 radical (unpaired) electrons. The van der Waals surface area contributed by atoms with Gasteiger partial charge < -0.3 is 15.0 Å². The molecule has 0 aliphatic rings. The summed E-state index contributed by atoms with van der Waals surface area (Å²) >= 11 is 6.00. The van der Waals surface area contributed by atoms with E-state index in [9.17, 15) is 9.59 Å². The largest absolute Gasteiger partial charge is 0.494 e. The van der Waals surface area contributed by atoms with Gasteiger partial charge in [-0.3, -0.25) is 9.59 Å². The summed E-state index contributed by atoms with van der Waals surface area (Å²) in [6.07, 6.45) is 3.12. The van der Waals surface area contributed by atoms with E-state index in [1.54, 1.807) is 37.4 Å². The summed E-state index contributed by atoms with van der Waals surface area (Å²) in [4.78, 5) is 25.5. The first kappa shape index (κ1) is 19.5. The Morgan fingerprint density at radius 2 is 1.85 bits per heavy atom. The molecule has 0 aliphatic carbocycles. The summed E-state index contributed by atoms with van der Waals surface area (Å²) in [6, 6.07) is 14.3. The second-order valence-corrected chi connectivity index (χ2v) is 5.96. The van der Waals surface area contributed by atoms with Gasteiger partial charge in [-0.25, -0.2) is 0 Å². The second kappa shape index (κ2) is 9.63. The fourth-order valence-corrected chi connectivity index (χ4v) is 2.37. The van der Waals surface area contributed by atoms with Crippen molar-refractivity contribution in [1.29, 1.82) is 0 Å². The van der Waals surface area contributed by atoms with Crippen molar-refractivity contribution in [3.63, 3.8) is 0 Å². The minimum atomic E-state index is -0.316. The average Bonchev–Trinajstić information content (AvgIpc) is 2.63. The molecule has 2 aromatic carbocycles. The number of carbonyl (C=O) groups is 2. The zero-order chi connectivity index (χ0) is 18.9. The molecule has 0 aliphatic heterocycles. The van der Waals surface area contributed by atoms with Crippen LogP contribution in [-0.4, -0.2) is 36.9 Å². The van der Waals surface area contributed by atoms with E-state index in [0.29, 0.717) is 17.3 Å². The Morgan fingerprint density at radius 3 is 2.50 bits per heavy atom. The monoisotopic (exact) mass is 372 g/mol. The van der Waals surface area contributed by atoms with Gasteiger partial charge in [-0.1, -0.05) is 35.9 Å². The molecule has 0 unspecified atom stereocenters. The first-order chi connectivity index (χ1) is 12.5. The number of nitrogens with zero attached hydrogens (tertiary/aromatic N) is 1. The number of anilines is 1. The third-order valence-corrected chi connectivity index (χ3v) is 3.84. The molecule has 0 saturated heterocycles. The van der Waals surface area contributed by atoms with Crippen LogP contribution in [0.2, 0.25) is 5.02 Å². The molecule has 0 heterocycles. The molecule has 0 atom stereocenters. The van der Waals surface area contributed by atoms with Crippen molar-refractivity contribution in [2.45, 2.75) is 6.92 Å². The Bertz CT molecular complexity index is 788. The van der Waals surface area contributed by atoms with Crippen LogP contribution < -0.4 is 10.1 Å². The molecule has 0 fully saturated rings. The summed E-state index contributed by atoms with van der Waals surface area (Å²) in [5.41, 5.74) is 1.39. The van der Waals surface area contributed by atoms with Crippen LogP contribution in [0.3, 0.4) is 0 Å². The minimum Gasteiger partial charge on any atom is -0.494 e. The third-order valence-electron chi connectivity index (χ3n) is 3.51. The molecule has 2 aromatic rings. The van der Waals surface area contributed by atoms with Gasteiger partial charge in [-0.15, -0.1) is 0 Å². The Morgan fingerprint density at radius 1 is 1.15 bits per heavy atom. The topological polar surface area (TPSA) is 58.6 Å². The van der Waals surface area contributed by atoms with Gasteiger partial charge in [0.2, 0.25) is 11.8 Å². The van der Waals surface area contributed by atoms with E-state index in [1.165, 1.54) is 11.0 Å². The van der Waals surface area contributed by atoms with Crippen molar-refractivity contribution < 1.29 is 14.3 Å². The number of para-hydroxylation sites is 1. The van der Waals surface area contributed by atoms with Crippen LogP contribution in [-0.2, 0) is 9.59 Å². The number of amides is 2. The van der Waals surface area contributed by atoms with E-state index in [1.807, 2.05) is 31.2 Å². The SMILES string of the molecule is CCOc1ccc(/C=C/C(=O)N(C)CC(=O)Nc2ccccc2Cl)cc1. The molecule has 0 spiro atoms. The van der Waals surface area contributed by atoms with Crippen LogP contribution in [0.1, 0.15) is 12.5 Å². The number of hydrogen-bond acceptors (Lipinski definition) is 3. The van der Waals surface area contributed by atoms with Crippen molar-refractivity contribution in [1.82, 2.24) is 4.90 Å². The van der Waals surface area contributed by atoms with E-state index in [0.717, 1.165) is 11.3 Å². The van der Waals surface area contributed by atoms with Crippen molar-refractivity contribution in [2.75, 3.05) is 25.5 Å². The van der Waals surface area contributed by atoms with E-state index >= 15 is 0 Å². The molecular formula is C20H21ClN2O3. The van der Waals surface area contributed by atoms with Crippen LogP contribution >= 0.6 is 11.6 Å². The fraction of sp³-hybridized carbons (Fsp3) is 0.200. The Labute approximate surface area is 158 Å². The molecule has 26 heavy (non-hydrogen) atoms. The van der Waals surface area contributed by atoms with Crippen molar-refractivity contribution >= 4 is 35.2 Å². The van der Waals surface area contributed by atoms with Crippen LogP contribution in [0.5, 0.6) is 5.75 Å². The summed E-state index contributed by atoms with van der Waals surface area (Å²) in [5, 5.41) is 3.13. The summed E-state index contributed by atoms with van der Waals surface area (Å²) < 4.78 is 5.37. The third kappa shape index (κ3) is 5.93. The van der Waals surface area contributed by atoms with Crippen LogP contribution in [0, 0.1) is 0 Å². The lowest BCUT2D eigenvalue weighted by molar-refractivity contribution is -0.129. The highest BCUT2D eigenvalue weighted by atomic mass is 35.5. The molecule has 136 valence electrons.